The lowest BCUT2D eigenvalue weighted by Gasteiger charge is -2.27. The summed E-state index contributed by atoms with van der Waals surface area (Å²) in [5, 5.41) is 10.9. The molecule has 5 amide bonds. The molecule has 0 bridgehead atoms. The van der Waals surface area contributed by atoms with Gasteiger partial charge in [0.25, 0.3) is 0 Å². The summed E-state index contributed by atoms with van der Waals surface area (Å²) >= 11 is 0. The Bertz CT molecular complexity index is 1650. The van der Waals surface area contributed by atoms with Crippen molar-refractivity contribution < 1.29 is 62.1 Å². The van der Waals surface area contributed by atoms with Crippen LogP contribution in [0.4, 0.5) is 0 Å². The van der Waals surface area contributed by atoms with Crippen LogP contribution in [0.5, 0.6) is 0 Å². The van der Waals surface area contributed by atoms with E-state index in [1.807, 2.05) is 111 Å². The van der Waals surface area contributed by atoms with E-state index in [9.17, 15) is 43.2 Å². The lowest BCUT2D eigenvalue weighted by atomic mass is 9.85. The first-order valence-electron chi connectivity index (χ1n) is 26.0. The number of Topliss-reactive ketones (excluding diaryl/α,β-unsaturated/α-hetero) is 1. The van der Waals surface area contributed by atoms with Crippen LogP contribution in [0, 0.1) is 38.9 Å². The highest BCUT2D eigenvalue weighted by molar-refractivity contribution is 5.84. The monoisotopic (exact) mass is 1060 g/mol. The summed E-state index contributed by atoms with van der Waals surface area (Å²) < 4.78 is 19.8. The number of hydrogen-bond donors (Lipinski definition) is 6. The van der Waals surface area contributed by atoms with Gasteiger partial charge in [-0.25, -0.2) is 9.59 Å². The van der Waals surface area contributed by atoms with Crippen LogP contribution in [0.25, 0.3) is 0 Å². The summed E-state index contributed by atoms with van der Waals surface area (Å²) in [5.41, 5.74) is 8.05. The largest absolute Gasteiger partial charge is 0.463 e. The summed E-state index contributed by atoms with van der Waals surface area (Å²) in [6.45, 7) is 41.2. The fourth-order valence-electron chi connectivity index (χ4n) is 4.46. The summed E-state index contributed by atoms with van der Waals surface area (Å²) in [7, 11) is 1.58. The molecule has 19 heteroatoms. The Labute approximate surface area is 446 Å². The smallest absolute Gasteiger partial charge is 0.330 e. The second-order valence-corrected chi connectivity index (χ2v) is 20.9. The van der Waals surface area contributed by atoms with E-state index in [0.717, 1.165) is 50.7 Å². The van der Waals surface area contributed by atoms with Gasteiger partial charge in [-0.3, -0.25) is 33.6 Å². The fourth-order valence-corrected chi connectivity index (χ4v) is 4.46. The van der Waals surface area contributed by atoms with Crippen molar-refractivity contribution in [3.05, 3.63) is 25.3 Å². The molecule has 0 aromatic heterocycles. The van der Waals surface area contributed by atoms with Gasteiger partial charge in [0, 0.05) is 85.2 Å². The van der Waals surface area contributed by atoms with Crippen molar-refractivity contribution in [3.8, 4) is 0 Å². The second kappa shape index (κ2) is 42.1. The first kappa shape index (κ1) is 77.7. The third kappa shape index (κ3) is 39.3. The van der Waals surface area contributed by atoms with Gasteiger partial charge < -0.3 is 51.7 Å². The molecule has 2 atom stereocenters. The Morgan fingerprint density at radius 1 is 0.568 bits per heavy atom. The zero-order valence-electron chi connectivity index (χ0n) is 49.2. The van der Waals surface area contributed by atoms with Crippen LogP contribution in [-0.4, -0.2) is 113 Å². The summed E-state index contributed by atoms with van der Waals surface area (Å²) in [5.74, 6) is -1.65. The van der Waals surface area contributed by atoms with Gasteiger partial charge in [0.2, 0.25) is 29.5 Å². The van der Waals surface area contributed by atoms with Crippen molar-refractivity contribution in [1.82, 2.24) is 21.3 Å². The standard InChI is InChI=1S/C21H33NO6.C11H22N2O2.C9H18O3.C8H18N2O.C6H13NO/c1-7-17(24)27-14-21(6,15-28-18(25)8-2)13-16(23)11-10-12-22-19(26)20(4,5)9-3;1-5-8(3)10(14)12-7-13-11(15)9(4)6-2;1-5-9(2,3)8(10)12-7-6-11-4;1-4-8(2,3)7(11)10-6-5-9;1-4-6(2,3)5(7)8/h7-8H,1-2,9-15H2,3-6H3,(H,22,26);8-9H,5-7H2,1-4H3,(H,12,14)(H,13,15);5-7H2,1-4H3;4-6,9H2,1-3H3,(H,10,11);4H2,1-3H3,(H2,7,8). The van der Waals surface area contributed by atoms with Gasteiger partial charge in [-0.15, -0.1) is 0 Å². The number of primary amides is 1. The van der Waals surface area contributed by atoms with E-state index in [1.165, 1.54) is 0 Å². The molecular formula is C55H104N6O13. The molecule has 0 aliphatic rings. The number of esters is 3. The molecule has 0 spiro atoms. The van der Waals surface area contributed by atoms with Crippen molar-refractivity contribution >= 4 is 53.2 Å². The van der Waals surface area contributed by atoms with E-state index >= 15 is 0 Å². The maximum atomic E-state index is 12.4. The first-order chi connectivity index (χ1) is 34.1. The van der Waals surface area contributed by atoms with E-state index < -0.39 is 22.8 Å². The molecule has 74 heavy (non-hydrogen) atoms. The third-order valence-corrected chi connectivity index (χ3v) is 12.6. The quantitative estimate of drug-likeness (QED) is 0.0134. The summed E-state index contributed by atoms with van der Waals surface area (Å²) in [6.07, 6.45) is 7.67. The van der Waals surface area contributed by atoms with Crippen LogP contribution in [0.2, 0.25) is 0 Å². The van der Waals surface area contributed by atoms with Crippen LogP contribution < -0.4 is 32.7 Å². The van der Waals surface area contributed by atoms with Crippen LogP contribution in [0.15, 0.2) is 25.3 Å². The molecule has 0 rings (SSSR count). The number of rotatable bonds is 31. The highest BCUT2D eigenvalue weighted by Crippen LogP contribution is 2.25. The Hall–Kier alpha value is -5.17. The predicted molar refractivity (Wildman–Crippen MR) is 293 cm³/mol. The third-order valence-electron chi connectivity index (χ3n) is 12.6. The predicted octanol–water partition coefficient (Wildman–Crippen LogP) is 7.03. The second-order valence-electron chi connectivity index (χ2n) is 20.9. The maximum absolute atomic E-state index is 12.4. The lowest BCUT2D eigenvalue weighted by Crippen LogP contribution is -2.41. The highest BCUT2D eigenvalue weighted by atomic mass is 16.6. The van der Waals surface area contributed by atoms with Gasteiger partial charge in [-0.1, -0.05) is 117 Å². The van der Waals surface area contributed by atoms with Gasteiger partial charge in [-0.2, -0.15) is 0 Å². The summed E-state index contributed by atoms with van der Waals surface area (Å²) in [4.78, 5) is 103. The zero-order valence-corrected chi connectivity index (χ0v) is 49.2. The van der Waals surface area contributed by atoms with E-state index in [0.29, 0.717) is 39.3 Å². The molecule has 0 aliphatic heterocycles. The first-order valence-corrected chi connectivity index (χ1v) is 26.0. The fraction of sp³-hybridized carbons (Fsp3) is 0.764. The number of methoxy groups -OCH3 is 1. The Balaban J connectivity index is -0.000000291. The number of ether oxygens (including phenoxy) is 4. The van der Waals surface area contributed by atoms with Gasteiger partial charge in [0.1, 0.15) is 25.6 Å². The number of nitrogens with one attached hydrogen (secondary N) is 4. The topological polar surface area (TPSA) is 291 Å². The molecule has 0 heterocycles. The number of carbonyl (C=O) groups excluding carboxylic acids is 9. The molecule has 0 aliphatic carbocycles. The minimum atomic E-state index is -0.859. The molecule has 0 saturated carbocycles. The summed E-state index contributed by atoms with van der Waals surface area (Å²) in [6, 6.07) is 0. The maximum Gasteiger partial charge on any atom is 0.330 e. The SMILES string of the molecule is C=CC(=O)OCC(C)(COC(=O)C=C)CC(=O)CCCNC(=O)C(C)(C)CC.CCC(C)(C)C(=O)NCCN.CCC(C)(C)C(=O)OCCOC.CCC(C)(C)C(N)=O.CCC(C)C(=O)NCNC(=O)C(C)CC. The normalized spacial score (nSPS) is 11.9. The molecule has 0 saturated heterocycles. The number of nitrogens with two attached hydrogens (primary N) is 2. The molecule has 0 radical (unpaired) electrons. The van der Waals surface area contributed by atoms with E-state index in [4.69, 9.17) is 30.4 Å². The van der Waals surface area contributed by atoms with Crippen molar-refractivity contribution in [1.29, 1.82) is 0 Å². The number of carbonyl (C=O) groups is 9. The number of amides is 5. The number of ketones is 1. The van der Waals surface area contributed by atoms with Gasteiger partial charge in [0.05, 0.1) is 18.7 Å². The van der Waals surface area contributed by atoms with Gasteiger partial charge in [-0.05, 0) is 58.8 Å². The van der Waals surface area contributed by atoms with Crippen LogP contribution in [0.1, 0.15) is 175 Å². The van der Waals surface area contributed by atoms with Crippen molar-refractivity contribution in [2.24, 2.45) is 50.4 Å². The van der Waals surface area contributed by atoms with E-state index in [2.05, 4.69) is 34.4 Å². The average Bonchev–Trinajstić information content (AvgIpc) is 3.37. The van der Waals surface area contributed by atoms with E-state index in [1.54, 1.807) is 14.0 Å². The van der Waals surface area contributed by atoms with Gasteiger partial charge >= 0.3 is 17.9 Å². The van der Waals surface area contributed by atoms with Crippen LogP contribution in [0.3, 0.4) is 0 Å². The molecular weight excluding hydrogens is 953 g/mol. The average molecular weight is 1060 g/mol. The zero-order chi connectivity index (χ0) is 58.9. The van der Waals surface area contributed by atoms with Crippen molar-refractivity contribution in [2.45, 2.75) is 175 Å². The van der Waals surface area contributed by atoms with Crippen molar-refractivity contribution in [3.63, 3.8) is 0 Å². The molecule has 0 fully saturated rings. The lowest BCUT2D eigenvalue weighted by molar-refractivity contribution is -0.155. The molecule has 0 aromatic carbocycles. The molecule has 19 nitrogen and oxygen atoms in total. The molecule has 2 unspecified atom stereocenters. The minimum Gasteiger partial charge on any atom is -0.463 e. The Kier molecular flexibility index (Phi) is 44.2. The number of hydrogen-bond acceptors (Lipinski definition) is 14. The molecule has 432 valence electrons. The van der Waals surface area contributed by atoms with Gasteiger partial charge in [0.15, 0.2) is 0 Å². The Morgan fingerprint density at radius 3 is 1.27 bits per heavy atom. The van der Waals surface area contributed by atoms with E-state index in [-0.39, 0.29) is 102 Å². The molecule has 0 aromatic rings. The van der Waals surface area contributed by atoms with Crippen LogP contribution in [-0.2, 0) is 62.1 Å². The molecule has 8 N–H and O–H groups in total. The minimum absolute atomic E-state index is 0.00509. The van der Waals surface area contributed by atoms with Crippen LogP contribution >= 0.6 is 0 Å². The Morgan fingerprint density at radius 2 is 0.959 bits per heavy atom. The van der Waals surface area contributed by atoms with Crippen molar-refractivity contribution in [2.75, 3.05) is 59.8 Å². The highest BCUT2D eigenvalue weighted by Gasteiger charge is 2.32.